The second kappa shape index (κ2) is 9.11. The summed E-state index contributed by atoms with van der Waals surface area (Å²) in [6.07, 6.45) is 0. The van der Waals surface area contributed by atoms with Crippen molar-refractivity contribution in [1.29, 1.82) is 0 Å². The van der Waals surface area contributed by atoms with Crippen LogP contribution in [0.3, 0.4) is 0 Å². The Bertz CT molecular complexity index is 1410. The van der Waals surface area contributed by atoms with Crippen molar-refractivity contribution in [1.82, 2.24) is 0 Å². The molecule has 6 rings (SSSR count). The maximum atomic E-state index is 13.9. The van der Waals surface area contributed by atoms with E-state index in [4.69, 9.17) is 18.9 Å². The molecule has 0 spiro atoms. The lowest BCUT2D eigenvalue weighted by atomic mass is 10.0. The normalized spacial score (nSPS) is 15.1. The van der Waals surface area contributed by atoms with Crippen LogP contribution in [-0.2, 0) is 21.6 Å². The summed E-state index contributed by atoms with van der Waals surface area (Å²) in [5.41, 5.74) is 3.20. The third kappa shape index (κ3) is 3.86. The molecular weight excluding hydrogens is 496 g/mol. The highest BCUT2D eigenvalue weighted by Gasteiger charge is 2.33. The van der Waals surface area contributed by atoms with Gasteiger partial charge in [0.25, 0.3) is 0 Å². The molecule has 2 atom stereocenters. The predicted molar refractivity (Wildman–Crippen MR) is 136 cm³/mol. The van der Waals surface area contributed by atoms with Crippen molar-refractivity contribution >= 4 is 21.6 Å². The summed E-state index contributed by atoms with van der Waals surface area (Å²) in [5.74, 6) is 1.94. The Morgan fingerprint density at radius 3 is 1.31 bits per heavy atom. The SMILES string of the molecule is Cc1ccc(S(=O)c2ccc3c(c2-c2c(S(=O)c4ccc(C)cc4)ccc4c2OCO4)OCO3)cc1. The molecule has 182 valence electrons. The number of benzene rings is 4. The van der Waals surface area contributed by atoms with E-state index in [2.05, 4.69) is 0 Å². The van der Waals surface area contributed by atoms with E-state index in [9.17, 15) is 8.42 Å². The lowest BCUT2D eigenvalue weighted by molar-refractivity contribution is 0.172. The first kappa shape index (κ1) is 22.8. The van der Waals surface area contributed by atoms with Gasteiger partial charge < -0.3 is 18.9 Å². The van der Waals surface area contributed by atoms with E-state index in [1.165, 1.54) is 0 Å². The summed E-state index contributed by atoms with van der Waals surface area (Å²) >= 11 is 0. The minimum absolute atomic E-state index is 0.0335. The van der Waals surface area contributed by atoms with E-state index in [1.54, 1.807) is 24.3 Å². The van der Waals surface area contributed by atoms with Gasteiger partial charge in [0.05, 0.1) is 31.4 Å². The Labute approximate surface area is 213 Å². The van der Waals surface area contributed by atoms with Gasteiger partial charge in [0.2, 0.25) is 13.6 Å². The zero-order chi connectivity index (χ0) is 24.8. The quantitative estimate of drug-likeness (QED) is 0.335. The molecule has 8 heteroatoms. The number of ether oxygens (including phenoxy) is 4. The molecule has 0 saturated heterocycles. The van der Waals surface area contributed by atoms with E-state index in [0.29, 0.717) is 53.7 Å². The van der Waals surface area contributed by atoms with E-state index >= 15 is 0 Å². The fourth-order valence-electron chi connectivity index (χ4n) is 4.27. The summed E-state index contributed by atoms with van der Waals surface area (Å²) in [6.45, 7) is 4.03. The van der Waals surface area contributed by atoms with Crippen molar-refractivity contribution in [2.24, 2.45) is 0 Å². The summed E-state index contributed by atoms with van der Waals surface area (Å²) in [5, 5.41) is 0. The third-order valence-electron chi connectivity index (χ3n) is 6.12. The summed E-state index contributed by atoms with van der Waals surface area (Å²) < 4.78 is 50.9. The highest BCUT2D eigenvalue weighted by molar-refractivity contribution is 7.85. The van der Waals surface area contributed by atoms with Crippen LogP contribution >= 0.6 is 0 Å². The van der Waals surface area contributed by atoms with Crippen LogP contribution in [-0.4, -0.2) is 22.0 Å². The minimum atomic E-state index is -1.56. The smallest absolute Gasteiger partial charge is 0.231 e. The van der Waals surface area contributed by atoms with Gasteiger partial charge in [0.15, 0.2) is 23.0 Å². The van der Waals surface area contributed by atoms with Gasteiger partial charge in [-0.15, -0.1) is 0 Å². The van der Waals surface area contributed by atoms with E-state index in [-0.39, 0.29) is 13.6 Å². The van der Waals surface area contributed by atoms with Gasteiger partial charge in [-0.2, -0.15) is 0 Å². The largest absolute Gasteiger partial charge is 0.454 e. The third-order valence-corrected chi connectivity index (χ3v) is 9.00. The maximum absolute atomic E-state index is 13.9. The summed E-state index contributed by atoms with van der Waals surface area (Å²) in [6, 6.07) is 22.1. The molecule has 4 aromatic rings. The molecule has 0 amide bonds. The fraction of sp³-hybridized carbons (Fsp3) is 0.143. The number of rotatable bonds is 5. The van der Waals surface area contributed by atoms with Gasteiger partial charge in [-0.3, -0.25) is 0 Å². The van der Waals surface area contributed by atoms with Crippen molar-refractivity contribution in [3.05, 3.63) is 83.9 Å². The van der Waals surface area contributed by atoms with Crippen LogP contribution < -0.4 is 18.9 Å². The van der Waals surface area contributed by atoms with E-state index in [0.717, 1.165) is 11.1 Å². The van der Waals surface area contributed by atoms with Crippen LogP contribution in [0, 0.1) is 13.8 Å². The molecule has 2 aliphatic heterocycles. The molecule has 2 aliphatic rings. The van der Waals surface area contributed by atoms with Crippen molar-refractivity contribution in [3.8, 4) is 34.1 Å². The fourth-order valence-corrected chi connectivity index (χ4v) is 6.69. The van der Waals surface area contributed by atoms with Crippen LogP contribution in [0.5, 0.6) is 23.0 Å². The first-order chi connectivity index (χ1) is 17.5. The maximum Gasteiger partial charge on any atom is 0.231 e. The lowest BCUT2D eigenvalue weighted by Crippen LogP contribution is -2.03. The van der Waals surface area contributed by atoms with Crippen LogP contribution in [0.1, 0.15) is 11.1 Å². The Morgan fingerprint density at radius 2 is 0.917 bits per heavy atom. The molecule has 0 fully saturated rings. The summed E-state index contributed by atoms with van der Waals surface area (Å²) in [7, 11) is -3.11. The van der Waals surface area contributed by atoms with Gasteiger partial charge in [-0.05, 0) is 62.4 Å². The van der Waals surface area contributed by atoms with Crippen molar-refractivity contribution in [3.63, 3.8) is 0 Å². The molecule has 0 saturated carbocycles. The Hall–Kier alpha value is -3.62. The molecular formula is C28H22O6S2. The lowest BCUT2D eigenvalue weighted by Gasteiger charge is -2.18. The van der Waals surface area contributed by atoms with Crippen molar-refractivity contribution < 1.29 is 27.4 Å². The van der Waals surface area contributed by atoms with Gasteiger partial charge in [-0.25, -0.2) is 8.42 Å². The van der Waals surface area contributed by atoms with Gasteiger partial charge >= 0.3 is 0 Å². The molecule has 2 heterocycles. The van der Waals surface area contributed by atoms with Gasteiger partial charge in [0, 0.05) is 20.9 Å². The Kier molecular flexibility index (Phi) is 5.78. The average molecular weight is 519 g/mol. The predicted octanol–water partition coefficient (Wildman–Crippen LogP) is 5.76. The summed E-state index contributed by atoms with van der Waals surface area (Å²) in [4.78, 5) is 2.31. The first-order valence-corrected chi connectivity index (χ1v) is 13.6. The van der Waals surface area contributed by atoms with Gasteiger partial charge in [-0.1, -0.05) is 35.4 Å². The molecule has 2 unspecified atom stereocenters. The Balaban J connectivity index is 1.61. The Morgan fingerprint density at radius 1 is 0.528 bits per heavy atom. The molecule has 36 heavy (non-hydrogen) atoms. The van der Waals surface area contributed by atoms with Crippen molar-refractivity contribution in [2.45, 2.75) is 33.4 Å². The van der Waals surface area contributed by atoms with Crippen LogP contribution in [0.15, 0.2) is 92.4 Å². The molecule has 0 N–H and O–H groups in total. The number of hydrogen-bond acceptors (Lipinski definition) is 6. The number of hydrogen-bond donors (Lipinski definition) is 0. The number of aryl methyl sites for hydroxylation is 2. The van der Waals surface area contributed by atoms with E-state index < -0.39 is 21.6 Å². The standard InChI is InChI=1S/C28H22O6S2/c1-17-3-7-19(8-4-17)35(29)23-13-11-21-27(33-15-31-21)25(23)26-24(14-12-22-28(26)34-16-32-22)36(30)20-9-5-18(2)6-10-20/h3-14H,15-16H2,1-2H3. The topological polar surface area (TPSA) is 71.1 Å². The van der Waals surface area contributed by atoms with Crippen LogP contribution in [0.2, 0.25) is 0 Å². The van der Waals surface area contributed by atoms with Crippen molar-refractivity contribution in [2.75, 3.05) is 13.6 Å². The zero-order valence-electron chi connectivity index (χ0n) is 19.6. The van der Waals surface area contributed by atoms with E-state index in [1.807, 2.05) is 62.4 Å². The first-order valence-electron chi connectivity index (χ1n) is 11.3. The molecule has 0 aliphatic carbocycles. The monoisotopic (exact) mass is 518 g/mol. The molecule has 0 radical (unpaired) electrons. The molecule has 4 aromatic carbocycles. The molecule has 6 nitrogen and oxygen atoms in total. The number of fused-ring (bicyclic) bond motifs is 2. The molecule has 0 bridgehead atoms. The van der Waals surface area contributed by atoms with Crippen LogP contribution in [0.4, 0.5) is 0 Å². The average Bonchev–Trinajstić information content (AvgIpc) is 3.57. The minimum Gasteiger partial charge on any atom is -0.454 e. The second-order valence-corrected chi connectivity index (χ2v) is 11.4. The second-order valence-electron chi connectivity index (χ2n) is 8.51. The highest BCUT2D eigenvalue weighted by atomic mass is 32.2. The molecule has 0 aromatic heterocycles. The highest BCUT2D eigenvalue weighted by Crippen LogP contribution is 2.53. The van der Waals surface area contributed by atoms with Crippen LogP contribution in [0.25, 0.3) is 11.1 Å². The zero-order valence-corrected chi connectivity index (χ0v) is 21.2. The van der Waals surface area contributed by atoms with Gasteiger partial charge in [0.1, 0.15) is 0 Å².